The number of hydrogen-bond donors (Lipinski definition) is 9. The van der Waals surface area contributed by atoms with Gasteiger partial charge in [-0.25, -0.2) is 0 Å². The van der Waals surface area contributed by atoms with E-state index in [9.17, 15) is 45.6 Å². The fraction of sp³-hybridized carbons (Fsp3) is 0.911. The third-order valence-electron chi connectivity index (χ3n) is 14.2. The number of allylic oxidation sites excluding steroid dienone is 4. The third kappa shape index (κ3) is 28.8. The van der Waals surface area contributed by atoms with E-state index >= 15 is 0 Å². The molecule has 0 saturated carbocycles. The van der Waals surface area contributed by atoms with Crippen LogP contribution in [-0.4, -0.2) is 140 Å². The first kappa shape index (κ1) is 64.6. The summed E-state index contributed by atoms with van der Waals surface area (Å²) < 4.78 is 22.8. The Bertz CT molecular complexity index is 1270. The maximum atomic E-state index is 13.2. The SMILES string of the molecule is CCCCCCC/C=C\C/C=C\CCCCCCCCCCCCCCCC(=O)NC(COC1OC(CO)C(OC2OC(CO)C(O)C(O)C2O)C(O)C1O)C(O)CCCCCCCCCCCCC. The zero-order valence-electron chi connectivity index (χ0n) is 44.0. The van der Waals surface area contributed by atoms with Crippen LogP contribution in [0, 0.1) is 0 Å². The van der Waals surface area contributed by atoms with Crippen molar-refractivity contribution < 1.29 is 64.6 Å². The molecule has 0 aromatic carbocycles. The number of aliphatic hydroxyl groups is 8. The largest absolute Gasteiger partial charge is 0.394 e. The minimum Gasteiger partial charge on any atom is -0.394 e. The highest BCUT2D eigenvalue weighted by Crippen LogP contribution is 2.30. The molecule has 14 heteroatoms. The molecule has 0 aromatic heterocycles. The number of carbonyl (C=O) groups is 1. The number of aliphatic hydroxyl groups excluding tert-OH is 8. The van der Waals surface area contributed by atoms with Crippen LogP contribution in [0.2, 0.25) is 0 Å². The number of nitrogens with one attached hydrogen (secondary N) is 1. The molecule has 0 aliphatic carbocycles. The van der Waals surface area contributed by atoms with Crippen LogP contribution in [0.3, 0.4) is 0 Å². The van der Waals surface area contributed by atoms with E-state index < -0.39 is 86.8 Å². The standard InChI is InChI=1S/C56H105NO13/c1-3-5-7-9-11-13-15-16-17-18-19-20-21-22-23-24-25-26-27-28-30-32-34-36-38-40-48(61)57-44(45(60)39-37-35-33-31-29-14-12-10-8-6-4-2)43-67-55-53(66)51(64)54(47(42-59)69-55)70-56-52(65)50(63)49(62)46(41-58)68-56/h15-16,18-19,44-47,49-56,58-60,62-66H,3-14,17,20-43H2,1-2H3,(H,57,61)/b16-15-,19-18-. The molecule has 2 aliphatic rings. The summed E-state index contributed by atoms with van der Waals surface area (Å²) in [5, 5.41) is 87.0. The van der Waals surface area contributed by atoms with E-state index in [4.69, 9.17) is 18.9 Å². The summed E-state index contributed by atoms with van der Waals surface area (Å²) >= 11 is 0. The molecule has 2 heterocycles. The summed E-state index contributed by atoms with van der Waals surface area (Å²) in [7, 11) is 0. The number of amides is 1. The van der Waals surface area contributed by atoms with Gasteiger partial charge in [0.05, 0.1) is 32.0 Å². The Labute approximate surface area is 424 Å². The van der Waals surface area contributed by atoms with Gasteiger partial charge in [-0.1, -0.05) is 205 Å². The highest BCUT2D eigenvalue weighted by Gasteiger charge is 2.51. The van der Waals surface area contributed by atoms with E-state index in [1.807, 2.05) is 0 Å². The molecule has 2 saturated heterocycles. The minimum atomic E-state index is -1.78. The Morgan fingerprint density at radius 2 is 0.943 bits per heavy atom. The lowest BCUT2D eigenvalue weighted by molar-refractivity contribution is -0.359. The Hall–Kier alpha value is -1.53. The van der Waals surface area contributed by atoms with Crippen molar-refractivity contribution in [1.29, 1.82) is 0 Å². The Morgan fingerprint density at radius 1 is 0.514 bits per heavy atom. The first-order valence-corrected chi connectivity index (χ1v) is 28.6. The van der Waals surface area contributed by atoms with Crippen molar-refractivity contribution in [3.63, 3.8) is 0 Å². The predicted molar refractivity (Wildman–Crippen MR) is 277 cm³/mol. The molecule has 412 valence electrons. The van der Waals surface area contributed by atoms with Crippen molar-refractivity contribution in [3.05, 3.63) is 24.3 Å². The van der Waals surface area contributed by atoms with Crippen LogP contribution in [0.15, 0.2) is 24.3 Å². The first-order chi connectivity index (χ1) is 34.1. The van der Waals surface area contributed by atoms with Crippen LogP contribution in [0.25, 0.3) is 0 Å². The Balaban J connectivity index is 1.71. The van der Waals surface area contributed by atoms with Crippen molar-refractivity contribution in [2.24, 2.45) is 0 Å². The minimum absolute atomic E-state index is 0.207. The van der Waals surface area contributed by atoms with Gasteiger partial charge in [-0.05, 0) is 44.9 Å². The van der Waals surface area contributed by atoms with E-state index in [2.05, 4.69) is 43.5 Å². The van der Waals surface area contributed by atoms with Crippen LogP contribution in [0.5, 0.6) is 0 Å². The van der Waals surface area contributed by atoms with Gasteiger partial charge in [0.15, 0.2) is 12.6 Å². The number of unbranched alkanes of at least 4 members (excludes halogenated alkanes) is 28. The van der Waals surface area contributed by atoms with Gasteiger partial charge in [-0.3, -0.25) is 4.79 Å². The average molecular weight is 1000 g/mol. The van der Waals surface area contributed by atoms with Gasteiger partial charge in [0.2, 0.25) is 5.91 Å². The molecule has 70 heavy (non-hydrogen) atoms. The molecular formula is C56H105NO13. The second-order valence-corrected chi connectivity index (χ2v) is 20.4. The van der Waals surface area contributed by atoms with Gasteiger partial charge in [0.25, 0.3) is 0 Å². The van der Waals surface area contributed by atoms with Crippen LogP contribution in [0.4, 0.5) is 0 Å². The zero-order chi connectivity index (χ0) is 51.0. The summed E-state index contributed by atoms with van der Waals surface area (Å²) in [6.07, 6.45) is 31.9. The van der Waals surface area contributed by atoms with Crippen molar-refractivity contribution in [3.8, 4) is 0 Å². The molecule has 2 fully saturated rings. The predicted octanol–water partition coefficient (Wildman–Crippen LogP) is 8.89. The average Bonchev–Trinajstić information content (AvgIpc) is 3.36. The summed E-state index contributed by atoms with van der Waals surface area (Å²) in [6.45, 7) is 2.84. The summed E-state index contributed by atoms with van der Waals surface area (Å²) in [5.41, 5.74) is 0. The lowest BCUT2D eigenvalue weighted by atomic mass is 9.97. The highest BCUT2D eigenvalue weighted by atomic mass is 16.7. The van der Waals surface area contributed by atoms with E-state index in [1.165, 1.54) is 148 Å². The normalized spacial score (nSPS) is 26.1. The van der Waals surface area contributed by atoms with Crippen LogP contribution in [0.1, 0.15) is 232 Å². The van der Waals surface area contributed by atoms with E-state index in [-0.39, 0.29) is 12.5 Å². The maximum Gasteiger partial charge on any atom is 0.220 e. The van der Waals surface area contributed by atoms with Crippen molar-refractivity contribution in [2.45, 2.75) is 306 Å². The van der Waals surface area contributed by atoms with Gasteiger partial charge in [-0.15, -0.1) is 0 Å². The molecule has 9 N–H and O–H groups in total. The molecule has 0 radical (unpaired) electrons. The van der Waals surface area contributed by atoms with Gasteiger partial charge >= 0.3 is 0 Å². The fourth-order valence-electron chi connectivity index (χ4n) is 9.50. The highest BCUT2D eigenvalue weighted by molar-refractivity contribution is 5.76. The molecule has 2 aliphatic heterocycles. The second kappa shape index (κ2) is 42.8. The van der Waals surface area contributed by atoms with Crippen molar-refractivity contribution in [2.75, 3.05) is 19.8 Å². The Kier molecular flexibility index (Phi) is 39.5. The molecule has 12 unspecified atom stereocenters. The van der Waals surface area contributed by atoms with Crippen molar-refractivity contribution in [1.82, 2.24) is 5.32 Å². The third-order valence-corrected chi connectivity index (χ3v) is 14.2. The zero-order valence-corrected chi connectivity index (χ0v) is 44.0. The molecule has 1 amide bonds. The number of carbonyl (C=O) groups excluding carboxylic acids is 1. The molecule has 0 bridgehead atoms. The van der Waals surface area contributed by atoms with Crippen LogP contribution in [-0.2, 0) is 23.7 Å². The first-order valence-electron chi connectivity index (χ1n) is 28.6. The number of hydrogen-bond acceptors (Lipinski definition) is 13. The second-order valence-electron chi connectivity index (χ2n) is 20.4. The topological polar surface area (TPSA) is 228 Å². The van der Waals surface area contributed by atoms with E-state index in [1.54, 1.807) is 0 Å². The smallest absolute Gasteiger partial charge is 0.220 e. The molecule has 14 nitrogen and oxygen atoms in total. The van der Waals surface area contributed by atoms with Crippen LogP contribution < -0.4 is 5.32 Å². The van der Waals surface area contributed by atoms with Gasteiger partial charge in [0.1, 0.15) is 48.8 Å². The van der Waals surface area contributed by atoms with Crippen molar-refractivity contribution >= 4 is 5.91 Å². The molecule has 0 spiro atoms. The van der Waals surface area contributed by atoms with E-state index in [0.717, 1.165) is 57.8 Å². The monoisotopic (exact) mass is 1000 g/mol. The molecule has 2 rings (SSSR count). The maximum absolute atomic E-state index is 13.2. The number of rotatable bonds is 45. The molecule has 0 aromatic rings. The quantitative estimate of drug-likeness (QED) is 0.0205. The lowest BCUT2D eigenvalue weighted by Gasteiger charge is -2.46. The fourth-order valence-corrected chi connectivity index (χ4v) is 9.50. The van der Waals surface area contributed by atoms with Crippen LogP contribution >= 0.6 is 0 Å². The number of ether oxygens (including phenoxy) is 4. The molecular weight excluding hydrogens is 895 g/mol. The lowest BCUT2D eigenvalue weighted by Crippen LogP contribution is -2.65. The summed E-state index contributed by atoms with van der Waals surface area (Å²) in [4.78, 5) is 13.2. The molecule has 12 atom stereocenters. The van der Waals surface area contributed by atoms with Gasteiger partial charge in [-0.2, -0.15) is 0 Å². The Morgan fingerprint density at radius 3 is 1.43 bits per heavy atom. The summed E-state index contributed by atoms with van der Waals surface area (Å²) in [5.74, 6) is -0.207. The van der Waals surface area contributed by atoms with Gasteiger partial charge in [0, 0.05) is 6.42 Å². The van der Waals surface area contributed by atoms with Gasteiger partial charge < -0.3 is 65.1 Å². The summed E-state index contributed by atoms with van der Waals surface area (Å²) in [6, 6.07) is -0.825. The van der Waals surface area contributed by atoms with E-state index in [0.29, 0.717) is 12.8 Å².